The lowest BCUT2D eigenvalue weighted by molar-refractivity contribution is 0.0122. The van der Waals surface area contributed by atoms with Crippen molar-refractivity contribution in [3.05, 3.63) is 47.2 Å². The molecule has 2 aromatic heterocycles. The summed E-state index contributed by atoms with van der Waals surface area (Å²) in [6.07, 6.45) is 2.55. The first-order chi connectivity index (χ1) is 31.3. The van der Waals surface area contributed by atoms with Gasteiger partial charge in [-0.05, 0) is 111 Å². The second-order valence-electron chi connectivity index (χ2n) is 20.9. The largest absolute Gasteiger partial charge is 0.468 e. The van der Waals surface area contributed by atoms with Crippen LogP contribution >= 0.6 is 0 Å². The summed E-state index contributed by atoms with van der Waals surface area (Å²) < 4.78 is 72.8. The van der Waals surface area contributed by atoms with Crippen LogP contribution in [-0.4, -0.2) is 115 Å². The zero-order valence-electron chi connectivity index (χ0n) is 40.6. The zero-order chi connectivity index (χ0) is 47.5. The third-order valence-electron chi connectivity index (χ3n) is 14.7. The van der Waals surface area contributed by atoms with Gasteiger partial charge in [0.2, 0.25) is 0 Å². The van der Waals surface area contributed by atoms with Gasteiger partial charge in [-0.25, -0.2) is 22.9 Å². The minimum Gasteiger partial charge on any atom is -0.468 e. The highest BCUT2D eigenvalue weighted by Gasteiger charge is 2.50. The maximum Gasteiger partial charge on any atom is 0.410 e. The molecular formula is C51H67F3N6O5Si. The summed E-state index contributed by atoms with van der Waals surface area (Å²) in [7, 11) is -0.900. The number of benzene rings is 2. The molecule has 0 N–H and O–H groups in total. The van der Waals surface area contributed by atoms with Gasteiger partial charge < -0.3 is 23.8 Å². The predicted molar refractivity (Wildman–Crippen MR) is 256 cm³/mol. The van der Waals surface area contributed by atoms with Crippen LogP contribution in [0.4, 0.5) is 23.8 Å². The van der Waals surface area contributed by atoms with Gasteiger partial charge >= 0.3 is 12.1 Å². The molecule has 2 bridgehead atoms. The maximum absolute atomic E-state index is 18.3. The van der Waals surface area contributed by atoms with E-state index in [2.05, 4.69) is 62.8 Å². The Bertz CT molecular complexity index is 2520. The standard InChI is InChI=1S/C51H67F3N6O5Si/c1-12-38-40(53)17-14-33-22-37(64-29-62-11)23-39(42(33)38)45-44(54)46-43(41(55-45)18-21-66(30(2)3,31(4)5)32(6)7)47(57-48(56-46)63-28-51-19-13-20-59(51)25-34(52)24-51)58-26-35-15-16-36(27-58)60(35)49(61)65-50(8,9)10/h14,17,22-23,30-32,34-36H,12-13,15-16,19-20,24-29H2,1-11H3/t34-,35?,36?,51+/m1/s1. The van der Waals surface area contributed by atoms with Crippen molar-refractivity contribution in [1.29, 1.82) is 0 Å². The van der Waals surface area contributed by atoms with Gasteiger partial charge in [0.15, 0.2) is 12.6 Å². The molecule has 0 spiro atoms. The number of fused-ring (bicyclic) bond motifs is 5. The number of anilines is 1. The fourth-order valence-corrected chi connectivity index (χ4v) is 17.1. The molecule has 2 aromatic carbocycles. The Balaban J connectivity index is 1.40. The van der Waals surface area contributed by atoms with Gasteiger partial charge in [-0.2, -0.15) is 9.97 Å². The average molecular weight is 929 g/mol. The Labute approximate surface area is 389 Å². The lowest BCUT2D eigenvalue weighted by Gasteiger charge is -2.42. The SMILES string of the molecule is CCc1c(F)ccc2cc(OCOC)cc(-c3nc(C#C[Si](C(C)C)(C(C)C)C(C)C)c4c(N5CC6CCC(C5)N6C(=O)OC(C)(C)C)nc(OC[C@@]56CCCN5C[C@H](F)C6)nc4c3F)c12. The van der Waals surface area contributed by atoms with Crippen LogP contribution in [-0.2, 0) is 15.9 Å². The monoisotopic (exact) mass is 928 g/mol. The number of hydrogen-bond acceptors (Lipinski definition) is 10. The van der Waals surface area contributed by atoms with Crippen LogP contribution in [0.5, 0.6) is 11.8 Å². The number of aromatic nitrogens is 3. The number of halogens is 3. The Hall–Kier alpha value is -4.65. The third-order valence-corrected chi connectivity index (χ3v) is 21.0. The Kier molecular flexibility index (Phi) is 13.4. The van der Waals surface area contributed by atoms with Gasteiger partial charge in [0.25, 0.3) is 0 Å². The molecule has 11 nitrogen and oxygen atoms in total. The second kappa shape index (κ2) is 18.4. The van der Waals surface area contributed by atoms with E-state index < -0.39 is 37.0 Å². The molecular weight excluding hydrogens is 862 g/mol. The summed E-state index contributed by atoms with van der Waals surface area (Å²) in [5.41, 5.74) is 4.43. The molecule has 6 heterocycles. The summed E-state index contributed by atoms with van der Waals surface area (Å²) in [5.74, 6) is 3.21. The molecule has 15 heteroatoms. The number of amides is 1. The van der Waals surface area contributed by atoms with Gasteiger partial charge in [-0.1, -0.05) is 60.5 Å². The summed E-state index contributed by atoms with van der Waals surface area (Å²) >= 11 is 0. The van der Waals surface area contributed by atoms with E-state index in [-0.39, 0.29) is 65.4 Å². The molecule has 2 unspecified atom stereocenters. The fraction of sp³-hybridized carbons (Fsp3) is 0.608. The molecule has 356 valence electrons. The van der Waals surface area contributed by atoms with E-state index in [1.807, 2.05) is 32.6 Å². The number of piperazine rings is 1. The molecule has 4 fully saturated rings. The minimum absolute atomic E-state index is 0.0430. The average Bonchev–Trinajstić information content (AvgIpc) is 3.88. The highest BCUT2D eigenvalue weighted by Crippen LogP contribution is 2.45. The van der Waals surface area contributed by atoms with Crippen molar-refractivity contribution in [2.24, 2.45) is 0 Å². The van der Waals surface area contributed by atoms with Crippen molar-refractivity contribution in [3.63, 3.8) is 0 Å². The summed E-state index contributed by atoms with van der Waals surface area (Å²) in [6.45, 7) is 22.8. The Morgan fingerprint density at radius 1 is 0.955 bits per heavy atom. The van der Waals surface area contributed by atoms with Crippen molar-refractivity contribution in [2.45, 2.75) is 154 Å². The van der Waals surface area contributed by atoms with Crippen LogP contribution in [0.3, 0.4) is 0 Å². The topological polar surface area (TPSA) is 102 Å². The first-order valence-corrected chi connectivity index (χ1v) is 26.1. The van der Waals surface area contributed by atoms with Gasteiger partial charge in [0.1, 0.15) is 60.7 Å². The molecule has 4 saturated heterocycles. The summed E-state index contributed by atoms with van der Waals surface area (Å²) in [6, 6.07) is 6.11. The van der Waals surface area contributed by atoms with Gasteiger partial charge in [-0.3, -0.25) is 9.80 Å². The van der Waals surface area contributed by atoms with E-state index in [1.54, 1.807) is 18.2 Å². The van der Waals surface area contributed by atoms with Gasteiger partial charge in [-0.15, -0.1) is 5.54 Å². The van der Waals surface area contributed by atoms with E-state index in [4.69, 9.17) is 33.9 Å². The minimum atomic E-state index is -2.42. The number of carbonyl (C=O) groups is 1. The fourth-order valence-electron chi connectivity index (χ4n) is 11.9. The molecule has 66 heavy (non-hydrogen) atoms. The number of nitrogens with zero attached hydrogens (tertiary/aromatic N) is 6. The first kappa shape index (κ1) is 47.8. The number of methoxy groups -OCH3 is 1. The highest BCUT2D eigenvalue weighted by molar-refractivity contribution is 6.90. The first-order valence-electron chi connectivity index (χ1n) is 23.9. The van der Waals surface area contributed by atoms with E-state index in [0.717, 1.165) is 32.2 Å². The van der Waals surface area contributed by atoms with Crippen molar-refractivity contribution >= 4 is 41.7 Å². The number of rotatable bonds is 12. The number of ether oxygens (including phenoxy) is 4. The van der Waals surface area contributed by atoms with E-state index in [9.17, 15) is 4.79 Å². The van der Waals surface area contributed by atoms with Gasteiger partial charge in [0.05, 0.1) is 23.0 Å². The van der Waals surface area contributed by atoms with Crippen LogP contribution < -0.4 is 14.4 Å². The van der Waals surface area contributed by atoms with Crippen LogP contribution in [0.1, 0.15) is 113 Å². The molecule has 0 aliphatic carbocycles. The summed E-state index contributed by atoms with van der Waals surface area (Å²) in [4.78, 5) is 35.0. The molecule has 4 aliphatic rings. The Morgan fingerprint density at radius 2 is 1.65 bits per heavy atom. The Morgan fingerprint density at radius 3 is 2.29 bits per heavy atom. The molecule has 4 aliphatic heterocycles. The van der Waals surface area contributed by atoms with Crippen LogP contribution in [0.25, 0.3) is 32.9 Å². The molecule has 0 radical (unpaired) electrons. The van der Waals surface area contributed by atoms with Crippen LogP contribution in [0, 0.1) is 23.1 Å². The van der Waals surface area contributed by atoms with E-state index in [0.29, 0.717) is 77.0 Å². The lowest BCUT2D eigenvalue weighted by Crippen LogP contribution is -2.57. The number of pyridine rings is 1. The maximum atomic E-state index is 18.3. The van der Waals surface area contributed by atoms with Crippen LogP contribution in [0.2, 0.25) is 16.6 Å². The molecule has 4 atom stereocenters. The lowest BCUT2D eigenvalue weighted by atomic mass is 9.94. The quantitative estimate of drug-likeness (QED) is 0.0775. The number of hydrogen-bond donors (Lipinski definition) is 0. The zero-order valence-corrected chi connectivity index (χ0v) is 41.6. The van der Waals surface area contributed by atoms with Gasteiger partial charge in [0, 0.05) is 38.7 Å². The van der Waals surface area contributed by atoms with Crippen molar-refractivity contribution < 1.29 is 36.9 Å². The number of carbonyl (C=O) groups excluding carboxylic acids is 1. The third kappa shape index (κ3) is 8.70. The smallest absolute Gasteiger partial charge is 0.410 e. The van der Waals surface area contributed by atoms with E-state index >= 15 is 13.2 Å². The molecule has 4 aromatic rings. The van der Waals surface area contributed by atoms with Crippen molar-refractivity contribution in [2.75, 3.05) is 51.6 Å². The normalized spacial score (nSPS) is 22.2. The van der Waals surface area contributed by atoms with Crippen molar-refractivity contribution in [1.82, 2.24) is 24.8 Å². The van der Waals surface area contributed by atoms with Crippen LogP contribution in [0.15, 0.2) is 24.3 Å². The molecule has 0 saturated carbocycles. The number of aryl methyl sites for hydroxylation is 1. The molecule has 1 amide bonds. The number of alkyl halides is 1. The highest BCUT2D eigenvalue weighted by atomic mass is 28.3. The van der Waals surface area contributed by atoms with Crippen molar-refractivity contribution in [3.8, 4) is 34.5 Å². The predicted octanol–water partition coefficient (Wildman–Crippen LogP) is 10.8. The van der Waals surface area contributed by atoms with E-state index in [1.165, 1.54) is 13.2 Å². The second-order valence-corrected chi connectivity index (χ2v) is 26.4. The molecule has 8 rings (SSSR count). The summed E-state index contributed by atoms with van der Waals surface area (Å²) in [5, 5.41) is 1.49.